The van der Waals surface area contributed by atoms with Crippen molar-refractivity contribution in [2.24, 2.45) is 5.92 Å². The highest BCUT2D eigenvalue weighted by Crippen LogP contribution is 2.17. The molecule has 1 saturated heterocycles. The van der Waals surface area contributed by atoms with Crippen molar-refractivity contribution in [2.45, 2.75) is 39.2 Å². The molecule has 1 aliphatic rings. The highest BCUT2D eigenvalue weighted by Gasteiger charge is 2.16. The molecule has 1 unspecified atom stereocenters. The van der Waals surface area contributed by atoms with Crippen molar-refractivity contribution in [3.8, 4) is 0 Å². The normalized spacial score (nSPS) is 16.3. The summed E-state index contributed by atoms with van der Waals surface area (Å²) < 4.78 is 0. The number of aliphatic hydroxyl groups is 1. The largest absolute Gasteiger partial charge is 0.394 e. The first-order valence-corrected chi connectivity index (χ1v) is 7.73. The molecule has 2 heterocycles. The van der Waals surface area contributed by atoms with Gasteiger partial charge in [0.15, 0.2) is 0 Å². The molecule has 0 saturated carbocycles. The smallest absolute Gasteiger partial charge is 0.253 e. The quantitative estimate of drug-likeness (QED) is 0.839. The maximum absolute atomic E-state index is 12.2. The Kier molecular flexibility index (Phi) is 5.56. The molecule has 0 bridgehead atoms. The number of aliphatic hydroxyl groups excluding tert-OH is 1. The van der Waals surface area contributed by atoms with Gasteiger partial charge in [0.05, 0.1) is 18.2 Å². The predicted octanol–water partition coefficient (Wildman–Crippen LogP) is 1.82. The Labute approximate surface area is 126 Å². The van der Waals surface area contributed by atoms with Gasteiger partial charge in [-0.2, -0.15) is 0 Å². The third kappa shape index (κ3) is 4.43. The van der Waals surface area contributed by atoms with Gasteiger partial charge in [0, 0.05) is 19.3 Å². The summed E-state index contributed by atoms with van der Waals surface area (Å²) in [6.07, 6.45) is 4.79. The molecule has 2 N–H and O–H groups in total. The molecule has 1 amide bonds. The summed E-state index contributed by atoms with van der Waals surface area (Å²) in [7, 11) is 0. The van der Waals surface area contributed by atoms with Crippen molar-refractivity contribution >= 4 is 11.7 Å². The van der Waals surface area contributed by atoms with Crippen LogP contribution in [0.1, 0.15) is 43.5 Å². The van der Waals surface area contributed by atoms with Gasteiger partial charge < -0.3 is 15.3 Å². The Morgan fingerprint density at radius 2 is 2.10 bits per heavy atom. The predicted molar refractivity (Wildman–Crippen MR) is 83.5 cm³/mol. The lowest BCUT2D eigenvalue weighted by atomic mass is 10.0. The van der Waals surface area contributed by atoms with Crippen LogP contribution in [-0.2, 0) is 0 Å². The lowest BCUT2D eigenvalue weighted by molar-refractivity contribution is 0.0908. The summed E-state index contributed by atoms with van der Waals surface area (Å²) in [5.74, 6) is 1.19. The molecule has 0 aliphatic carbocycles. The second-order valence-electron chi connectivity index (χ2n) is 6.08. The summed E-state index contributed by atoms with van der Waals surface area (Å²) in [5, 5.41) is 12.2. The molecule has 1 atom stereocenters. The lowest BCUT2D eigenvalue weighted by Crippen LogP contribution is -2.38. The number of hydrogen-bond donors (Lipinski definition) is 2. The van der Waals surface area contributed by atoms with Crippen LogP contribution in [0.3, 0.4) is 0 Å². The van der Waals surface area contributed by atoms with E-state index in [1.165, 1.54) is 12.8 Å². The number of hydrogen-bond acceptors (Lipinski definition) is 4. The first kappa shape index (κ1) is 15.8. The number of pyridine rings is 1. The maximum atomic E-state index is 12.2. The summed E-state index contributed by atoms with van der Waals surface area (Å²) in [5.41, 5.74) is 0.542. The third-order valence-electron chi connectivity index (χ3n) is 3.75. The van der Waals surface area contributed by atoms with Crippen LogP contribution in [0.25, 0.3) is 0 Å². The van der Waals surface area contributed by atoms with Crippen molar-refractivity contribution in [3.63, 3.8) is 0 Å². The minimum Gasteiger partial charge on any atom is -0.394 e. The SMILES string of the molecule is CC(C)CC(CO)NC(=O)c1ccc(N2CCCC2)nc1. The van der Waals surface area contributed by atoms with E-state index < -0.39 is 0 Å². The Bertz CT molecular complexity index is 453. The van der Waals surface area contributed by atoms with E-state index in [4.69, 9.17) is 0 Å². The summed E-state index contributed by atoms with van der Waals surface area (Å²) in [6, 6.07) is 3.51. The van der Waals surface area contributed by atoms with Gasteiger partial charge in [-0.3, -0.25) is 4.79 Å². The van der Waals surface area contributed by atoms with E-state index in [1.807, 2.05) is 6.07 Å². The molecule has 1 aromatic heterocycles. The van der Waals surface area contributed by atoms with Gasteiger partial charge in [-0.1, -0.05) is 13.8 Å². The van der Waals surface area contributed by atoms with E-state index in [0.29, 0.717) is 11.5 Å². The summed E-state index contributed by atoms with van der Waals surface area (Å²) in [4.78, 5) is 18.8. The van der Waals surface area contributed by atoms with E-state index in [1.54, 1.807) is 12.3 Å². The van der Waals surface area contributed by atoms with E-state index in [9.17, 15) is 9.90 Å². The molecular weight excluding hydrogens is 266 g/mol. The molecule has 1 aromatic rings. The molecule has 0 aromatic carbocycles. The van der Waals surface area contributed by atoms with Crippen LogP contribution in [0.4, 0.5) is 5.82 Å². The third-order valence-corrected chi connectivity index (χ3v) is 3.75. The molecule has 1 aliphatic heterocycles. The highest BCUT2D eigenvalue weighted by molar-refractivity contribution is 5.94. The zero-order chi connectivity index (χ0) is 15.2. The maximum Gasteiger partial charge on any atom is 0.253 e. The molecule has 2 rings (SSSR count). The van der Waals surface area contributed by atoms with E-state index in [0.717, 1.165) is 25.3 Å². The number of anilines is 1. The van der Waals surface area contributed by atoms with Crippen LogP contribution in [0.5, 0.6) is 0 Å². The Hall–Kier alpha value is -1.62. The van der Waals surface area contributed by atoms with Gasteiger partial charge in [0.1, 0.15) is 5.82 Å². The number of carbonyl (C=O) groups excluding carboxylic acids is 1. The average molecular weight is 291 g/mol. The first-order valence-electron chi connectivity index (χ1n) is 7.73. The van der Waals surface area contributed by atoms with Crippen molar-refractivity contribution < 1.29 is 9.90 Å². The van der Waals surface area contributed by atoms with E-state index in [2.05, 4.69) is 29.0 Å². The zero-order valence-corrected chi connectivity index (χ0v) is 12.9. The van der Waals surface area contributed by atoms with Gasteiger partial charge >= 0.3 is 0 Å². The van der Waals surface area contributed by atoms with Gasteiger partial charge in [-0.05, 0) is 37.3 Å². The number of nitrogens with zero attached hydrogens (tertiary/aromatic N) is 2. The molecule has 0 radical (unpaired) electrons. The average Bonchev–Trinajstić information content (AvgIpc) is 3.00. The fourth-order valence-electron chi connectivity index (χ4n) is 2.67. The number of carbonyl (C=O) groups is 1. The van der Waals surface area contributed by atoms with Crippen LogP contribution in [0.2, 0.25) is 0 Å². The minimum atomic E-state index is -0.198. The molecule has 0 spiro atoms. The van der Waals surface area contributed by atoms with Gasteiger partial charge in [-0.25, -0.2) is 4.98 Å². The van der Waals surface area contributed by atoms with Gasteiger partial charge in [0.2, 0.25) is 0 Å². The minimum absolute atomic E-state index is 0.0385. The number of nitrogens with one attached hydrogen (secondary N) is 1. The Morgan fingerprint density at radius 3 is 2.62 bits per heavy atom. The van der Waals surface area contributed by atoms with Crippen LogP contribution in [0.15, 0.2) is 18.3 Å². The molecule has 5 nitrogen and oxygen atoms in total. The molecular formula is C16H25N3O2. The highest BCUT2D eigenvalue weighted by atomic mass is 16.3. The number of aromatic nitrogens is 1. The van der Waals surface area contributed by atoms with Crippen LogP contribution >= 0.6 is 0 Å². The van der Waals surface area contributed by atoms with Crippen molar-refractivity contribution in [1.82, 2.24) is 10.3 Å². The van der Waals surface area contributed by atoms with Gasteiger partial charge in [-0.15, -0.1) is 0 Å². The second-order valence-corrected chi connectivity index (χ2v) is 6.08. The molecule has 21 heavy (non-hydrogen) atoms. The first-order chi connectivity index (χ1) is 10.1. The van der Waals surface area contributed by atoms with Gasteiger partial charge in [0.25, 0.3) is 5.91 Å². The topological polar surface area (TPSA) is 65.5 Å². The fourth-order valence-corrected chi connectivity index (χ4v) is 2.67. The lowest BCUT2D eigenvalue weighted by Gasteiger charge is -2.19. The van der Waals surface area contributed by atoms with E-state index in [-0.39, 0.29) is 18.6 Å². The van der Waals surface area contributed by atoms with Crippen LogP contribution in [-0.4, -0.2) is 41.7 Å². The number of amides is 1. The molecule has 1 fully saturated rings. The van der Waals surface area contributed by atoms with E-state index >= 15 is 0 Å². The Balaban J connectivity index is 1.95. The monoisotopic (exact) mass is 291 g/mol. The fraction of sp³-hybridized carbons (Fsp3) is 0.625. The molecule has 5 heteroatoms. The van der Waals surface area contributed by atoms with Crippen LogP contribution < -0.4 is 10.2 Å². The van der Waals surface area contributed by atoms with Crippen molar-refractivity contribution in [3.05, 3.63) is 23.9 Å². The van der Waals surface area contributed by atoms with Crippen LogP contribution in [0, 0.1) is 5.92 Å². The molecule has 116 valence electrons. The standard InChI is InChI=1S/C16H25N3O2/c1-12(2)9-14(11-20)18-16(21)13-5-6-15(17-10-13)19-7-3-4-8-19/h5-6,10,12,14,20H,3-4,7-9,11H2,1-2H3,(H,18,21). The zero-order valence-electron chi connectivity index (χ0n) is 12.9. The summed E-state index contributed by atoms with van der Waals surface area (Å²) >= 11 is 0. The number of rotatable bonds is 6. The Morgan fingerprint density at radius 1 is 1.38 bits per heavy atom. The summed E-state index contributed by atoms with van der Waals surface area (Å²) in [6.45, 7) is 6.19. The van der Waals surface area contributed by atoms with Crippen molar-refractivity contribution in [1.29, 1.82) is 0 Å². The van der Waals surface area contributed by atoms with Crippen molar-refractivity contribution in [2.75, 3.05) is 24.6 Å². The second kappa shape index (κ2) is 7.41.